The van der Waals surface area contributed by atoms with Crippen molar-refractivity contribution in [3.63, 3.8) is 0 Å². The topological polar surface area (TPSA) is 21.3 Å². The van der Waals surface area contributed by atoms with E-state index in [4.69, 9.17) is 4.74 Å². The lowest BCUT2D eigenvalue weighted by Gasteiger charge is -2.25. The highest BCUT2D eigenvalue weighted by molar-refractivity contribution is 5.21. The van der Waals surface area contributed by atoms with E-state index in [1.165, 1.54) is 5.56 Å². The van der Waals surface area contributed by atoms with E-state index in [-0.39, 0.29) is 0 Å². The molecule has 0 amide bonds. The Hall–Kier alpha value is -1.80. The molecule has 2 aromatic rings. The molecule has 0 aromatic heterocycles. The van der Waals surface area contributed by atoms with Gasteiger partial charge in [0.1, 0.15) is 5.75 Å². The van der Waals surface area contributed by atoms with Crippen LogP contribution in [-0.4, -0.2) is 13.2 Å². The third kappa shape index (κ3) is 4.91. The average molecular weight is 283 g/mol. The first-order valence-corrected chi connectivity index (χ1v) is 7.77. The summed E-state index contributed by atoms with van der Waals surface area (Å²) < 4.78 is 5.81. The van der Waals surface area contributed by atoms with Gasteiger partial charge in [-0.2, -0.15) is 0 Å². The second kappa shape index (κ2) is 8.48. The van der Waals surface area contributed by atoms with Crippen LogP contribution < -0.4 is 10.1 Å². The molecule has 0 saturated carbocycles. The molecule has 1 N–H and O–H groups in total. The van der Waals surface area contributed by atoms with Gasteiger partial charge < -0.3 is 10.1 Å². The van der Waals surface area contributed by atoms with E-state index in [0.717, 1.165) is 25.3 Å². The number of benzene rings is 2. The molecule has 112 valence electrons. The van der Waals surface area contributed by atoms with Crippen molar-refractivity contribution in [1.29, 1.82) is 0 Å². The fraction of sp³-hybridized carbons (Fsp3) is 0.368. The maximum atomic E-state index is 5.81. The second-order valence-electron chi connectivity index (χ2n) is 5.37. The summed E-state index contributed by atoms with van der Waals surface area (Å²) in [5.74, 6) is 1.47. The molecule has 0 aliphatic rings. The van der Waals surface area contributed by atoms with E-state index in [1.54, 1.807) is 0 Å². The maximum absolute atomic E-state index is 5.81. The van der Waals surface area contributed by atoms with E-state index >= 15 is 0 Å². The number of ether oxygens (including phenoxy) is 1. The van der Waals surface area contributed by atoms with Crippen molar-refractivity contribution < 1.29 is 4.74 Å². The van der Waals surface area contributed by atoms with Gasteiger partial charge in [-0.05, 0) is 36.6 Å². The molecule has 0 aliphatic heterocycles. The molecule has 0 fully saturated rings. The van der Waals surface area contributed by atoms with Crippen LogP contribution in [0.1, 0.15) is 31.9 Å². The van der Waals surface area contributed by atoms with Crippen molar-refractivity contribution >= 4 is 0 Å². The summed E-state index contributed by atoms with van der Waals surface area (Å²) in [6.07, 6.45) is 1.03. The fourth-order valence-corrected chi connectivity index (χ4v) is 2.57. The van der Waals surface area contributed by atoms with Gasteiger partial charge in [0.25, 0.3) is 0 Å². The van der Waals surface area contributed by atoms with Crippen molar-refractivity contribution in [2.24, 2.45) is 5.92 Å². The minimum absolute atomic E-state index is 0.385. The van der Waals surface area contributed by atoms with Crippen LogP contribution in [0.4, 0.5) is 0 Å². The molecular weight excluding hydrogens is 258 g/mol. The normalized spacial score (nSPS) is 13.6. The first-order valence-electron chi connectivity index (χ1n) is 7.77. The van der Waals surface area contributed by atoms with Gasteiger partial charge in [0.15, 0.2) is 0 Å². The van der Waals surface area contributed by atoms with E-state index < -0.39 is 0 Å². The van der Waals surface area contributed by atoms with Gasteiger partial charge in [0.2, 0.25) is 0 Å². The number of nitrogens with one attached hydrogen (secondary N) is 1. The van der Waals surface area contributed by atoms with E-state index in [0.29, 0.717) is 12.0 Å². The predicted molar refractivity (Wildman–Crippen MR) is 88.6 cm³/mol. The first-order chi connectivity index (χ1) is 10.3. The SMILES string of the molecule is CCNC(c1ccccc1)C(C)CCOc1ccccc1. The summed E-state index contributed by atoms with van der Waals surface area (Å²) in [6.45, 7) is 6.17. The molecule has 2 aromatic carbocycles. The van der Waals surface area contributed by atoms with Crippen LogP contribution in [0.2, 0.25) is 0 Å². The summed E-state index contributed by atoms with van der Waals surface area (Å²) in [6, 6.07) is 21.1. The quantitative estimate of drug-likeness (QED) is 0.773. The van der Waals surface area contributed by atoms with Crippen LogP contribution >= 0.6 is 0 Å². The molecule has 2 nitrogen and oxygen atoms in total. The van der Waals surface area contributed by atoms with Gasteiger partial charge in [-0.15, -0.1) is 0 Å². The van der Waals surface area contributed by atoms with Gasteiger partial charge in [-0.3, -0.25) is 0 Å². The Kier molecular flexibility index (Phi) is 6.29. The minimum Gasteiger partial charge on any atom is -0.494 e. The molecule has 0 heterocycles. The summed E-state index contributed by atoms with van der Waals surface area (Å²) in [7, 11) is 0. The second-order valence-corrected chi connectivity index (χ2v) is 5.37. The molecule has 0 spiro atoms. The first kappa shape index (κ1) is 15.6. The van der Waals surface area contributed by atoms with Gasteiger partial charge in [-0.25, -0.2) is 0 Å². The third-order valence-electron chi connectivity index (χ3n) is 3.74. The Bertz CT molecular complexity index is 497. The van der Waals surface area contributed by atoms with Crippen molar-refractivity contribution in [2.75, 3.05) is 13.2 Å². The van der Waals surface area contributed by atoms with E-state index in [9.17, 15) is 0 Å². The maximum Gasteiger partial charge on any atom is 0.119 e. The average Bonchev–Trinajstić information content (AvgIpc) is 2.54. The molecule has 2 unspecified atom stereocenters. The zero-order valence-corrected chi connectivity index (χ0v) is 13.0. The Morgan fingerprint density at radius 2 is 1.57 bits per heavy atom. The smallest absolute Gasteiger partial charge is 0.119 e. The van der Waals surface area contributed by atoms with Crippen LogP contribution in [-0.2, 0) is 0 Å². The molecule has 2 heteroatoms. The lowest BCUT2D eigenvalue weighted by molar-refractivity contribution is 0.258. The van der Waals surface area contributed by atoms with Crippen LogP contribution in [0.25, 0.3) is 0 Å². The number of hydrogen-bond acceptors (Lipinski definition) is 2. The van der Waals surface area contributed by atoms with Gasteiger partial charge >= 0.3 is 0 Å². The summed E-state index contributed by atoms with van der Waals surface area (Å²) in [5.41, 5.74) is 1.35. The summed E-state index contributed by atoms with van der Waals surface area (Å²) in [4.78, 5) is 0. The zero-order chi connectivity index (χ0) is 14.9. The lowest BCUT2D eigenvalue weighted by atomic mass is 9.92. The van der Waals surface area contributed by atoms with Crippen LogP contribution in [0.5, 0.6) is 5.75 Å². The molecule has 2 rings (SSSR count). The predicted octanol–water partition coefficient (Wildman–Crippen LogP) is 4.44. The van der Waals surface area contributed by atoms with Gasteiger partial charge in [-0.1, -0.05) is 62.4 Å². The largest absolute Gasteiger partial charge is 0.494 e. The molecule has 21 heavy (non-hydrogen) atoms. The lowest BCUT2D eigenvalue weighted by Crippen LogP contribution is -2.27. The molecule has 0 radical (unpaired) electrons. The highest BCUT2D eigenvalue weighted by Crippen LogP contribution is 2.24. The van der Waals surface area contributed by atoms with E-state index in [1.807, 2.05) is 30.3 Å². The Balaban J connectivity index is 1.88. The van der Waals surface area contributed by atoms with Gasteiger partial charge in [0, 0.05) is 6.04 Å². The number of hydrogen-bond donors (Lipinski definition) is 1. The van der Waals surface area contributed by atoms with Crippen LogP contribution in [0.15, 0.2) is 60.7 Å². The fourth-order valence-electron chi connectivity index (χ4n) is 2.57. The van der Waals surface area contributed by atoms with Crippen molar-refractivity contribution in [3.05, 3.63) is 66.2 Å². The Labute approximate surface area is 128 Å². The molecule has 0 aliphatic carbocycles. The Morgan fingerprint density at radius 3 is 2.19 bits per heavy atom. The molecule has 0 bridgehead atoms. The van der Waals surface area contributed by atoms with Gasteiger partial charge in [0.05, 0.1) is 6.61 Å². The standard InChI is InChI=1S/C19H25NO/c1-3-20-19(17-10-6-4-7-11-17)16(2)14-15-21-18-12-8-5-9-13-18/h4-13,16,19-20H,3,14-15H2,1-2H3. The van der Waals surface area contributed by atoms with Crippen molar-refractivity contribution in [1.82, 2.24) is 5.32 Å². The van der Waals surface area contributed by atoms with Crippen molar-refractivity contribution in [2.45, 2.75) is 26.3 Å². The molecule has 0 saturated heterocycles. The highest BCUT2D eigenvalue weighted by atomic mass is 16.5. The van der Waals surface area contributed by atoms with Crippen molar-refractivity contribution in [3.8, 4) is 5.75 Å². The minimum atomic E-state index is 0.385. The number of para-hydroxylation sites is 1. The van der Waals surface area contributed by atoms with Crippen LogP contribution in [0, 0.1) is 5.92 Å². The zero-order valence-electron chi connectivity index (χ0n) is 13.0. The van der Waals surface area contributed by atoms with Crippen LogP contribution in [0.3, 0.4) is 0 Å². The number of rotatable bonds is 8. The molecule has 2 atom stereocenters. The Morgan fingerprint density at radius 1 is 0.952 bits per heavy atom. The molecular formula is C19H25NO. The monoisotopic (exact) mass is 283 g/mol. The summed E-state index contributed by atoms with van der Waals surface area (Å²) in [5, 5.41) is 3.59. The summed E-state index contributed by atoms with van der Waals surface area (Å²) >= 11 is 0. The third-order valence-corrected chi connectivity index (χ3v) is 3.74. The van der Waals surface area contributed by atoms with E-state index in [2.05, 4.69) is 49.5 Å². The highest BCUT2D eigenvalue weighted by Gasteiger charge is 2.17.